The molecule has 3 amide bonds. The first-order valence-corrected chi connectivity index (χ1v) is 19.5. The van der Waals surface area contributed by atoms with Crippen molar-refractivity contribution in [1.82, 2.24) is 34.9 Å². The highest BCUT2D eigenvalue weighted by Crippen LogP contribution is 2.55. The van der Waals surface area contributed by atoms with E-state index in [1.54, 1.807) is 48.5 Å². The van der Waals surface area contributed by atoms with Crippen LogP contribution in [-0.2, 0) is 21.7 Å². The predicted octanol–water partition coefficient (Wildman–Crippen LogP) is 8.79. The van der Waals surface area contributed by atoms with Crippen molar-refractivity contribution in [1.29, 1.82) is 0 Å². The summed E-state index contributed by atoms with van der Waals surface area (Å²) in [6.45, 7) is 4.13. The molecule has 5 aromatic rings. The molecule has 14 nitrogen and oxygen atoms in total. The van der Waals surface area contributed by atoms with Crippen LogP contribution >= 0.6 is 11.6 Å². The van der Waals surface area contributed by atoms with Crippen LogP contribution in [0, 0.1) is 5.41 Å². The highest BCUT2D eigenvalue weighted by Gasteiger charge is 2.69. The van der Waals surface area contributed by atoms with Crippen LogP contribution in [-0.4, -0.2) is 83.3 Å². The number of aldehydes is 1. The highest BCUT2D eigenvalue weighted by molar-refractivity contribution is 6.32. The molecular weight excluding hydrogens is 843 g/mol. The Bertz CT molecular complexity index is 2580. The molecule has 2 N–H and O–H groups in total. The number of carbonyl (C=O) groups excluding carboxylic acids is 3. The Kier molecular flexibility index (Phi) is 11.5. The summed E-state index contributed by atoms with van der Waals surface area (Å²) in [6.07, 6.45) is -9.74. The summed E-state index contributed by atoms with van der Waals surface area (Å²) < 4.78 is 78.9. The minimum Gasteiger partial charge on any atom is -0.465 e. The quantitative estimate of drug-likeness (QED) is 0.0918. The first kappa shape index (κ1) is 43.6. The minimum atomic E-state index is -5.05. The number of pyridine rings is 1. The third kappa shape index (κ3) is 8.27. The van der Waals surface area contributed by atoms with Gasteiger partial charge in [0.1, 0.15) is 24.2 Å². The van der Waals surface area contributed by atoms with E-state index in [-0.39, 0.29) is 45.5 Å². The molecule has 1 aliphatic carbocycles. The maximum Gasteiger partial charge on any atom is 0.414 e. The average molecular weight is 881 g/mol. The predicted molar refractivity (Wildman–Crippen MR) is 214 cm³/mol. The number of alkyl halides is 5. The summed E-state index contributed by atoms with van der Waals surface area (Å²) >= 11 is 6.52. The number of amides is 3. The molecule has 1 unspecified atom stereocenters. The van der Waals surface area contributed by atoms with Gasteiger partial charge in [-0.3, -0.25) is 29.7 Å². The summed E-state index contributed by atoms with van der Waals surface area (Å²) in [7, 11) is 0. The second kappa shape index (κ2) is 16.4. The maximum absolute atomic E-state index is 15.7. The molecule has 0 radical (unpaired) electrons. The number of rotatable bonds is 12. The Morgan fingerprint density at radius 3 is 2.39 bits per heavy atom. The Morgan fingerprint density at radius 2 is 1.76 bits per heavy atom. The molecule has 1 aliphatic heterocycles. The van der Waals surface area contributed by atoms with Crippen molar-refractivity contribution in [3.8, 4) is 5.69 Å². The molecule has 1 fully saturated rings. The molecule has 3 aromatic carbocycles. The normalized spacial score (nSPS) is 17.8. The van der Waals surface area contributed by atoms with Crippen LogP contribution in [0.5, 0.6) is 0 Å². The van der Waals surface area contributed by atoms with E-state index in [0.29, 0.717) is 27.3 Å². The number of aliphatic imine (C=N–C) groups is 1. The van der Waals surface area contributed by atoms with E-state index in [1.807, 2.05) is 20.8 Å². The van der Waals surface area contributed by atoms with E-state index in [2.05, 4.69) is 20.4 Å². The van der Waals surface area contributed by atoms with E-state index < -0.39 is 84.4 Å². The van der Waals surface area contributed by atoms with Crippen LogP contribution in [0.15, 0.2) is 90.3 Å². The summed E-state index contributed by atoms with van der Waals surface area (Å²) in [5.41, 5.74) is -4.92. The molecule has 0 bridgehead atoms. The van der Waals surface area contributed by atoms with Crippen molar-refractivity contribution < 1.29 is 51.0 Å². The molecule has 3 heterocycles. The lowest BCUT2D eigenvalue weighted by molar-refractivity contribution is -0.191. The van der Waals surface area contributed by atoms with Crippen molar-refractivity contribution in [3.63, 3.8) is 0 Å². The molecule has 2 aromatic heterocycles. The fourth-order valence-corrected chi connectivity index (χ4v) is 7.98. The van der Waals surface area contributed by atoms with Crippen molar-refractivity contribution in [2.24, 2.45) is 10.4 Å². The van der Waals surface area contributed by atoms with Gasteiger partial charge in [-0.1, -0.05) is 80.9 Å². The molecule has 62 heavy (non-hydrogen) atoms. The first-order valence-electron chi connectivity index (χ1n) is 19.1. The van der Waals surface area contributed by atoms with Gasteiger partial charge in [0.05, 0.1) is 23.3 Å². The lowest BCUT2D eigenvalue weighted by Crippen LogP contribution is -2.56. The van der Waals surface area contributed by atoms with Crippen LogP contribution in [0.25, 0.3) is 16.5 Å². The zero-order valence-corrected chi connectivity index (χ0v) is 34.0. The molecule has 2 atom stereocenters. The number of nitrogens with zero attached hydrogens (tertiary/aromatic N) is 7. The zero-order chi connectivity index (χ0) is 44.8. The summed E-state index contributed by atoms with van der Waals surface area (Å²) in [4.78, 5) is 67.9. The molecule has 324 valence electrons. The number of halogens is 6. The second-order valence-corrected chi connectivity index (χ2v) is 16.5. The van der Waals surface area contributed by atoms with Crippen LogP contribution in [0.3, 0.4) is 0 Å². The van der Waals surface area contributed by atoms with Crippen molar-refractivity contribution in [3.05, 3.63) is 119 Å². The molecule has 2 aliphatic rings. The van der Waals surface area contributed by atoms with Gasteiger partial charge in [0, 0.05) is 11.6 Å². The standard InChI is InChI=1S/C42H38ClF5N8O6/c1-39(2,3)22-41(27-10-11-28-25(17-27)13-16-49-30(28)20-57)35(58)55(36(53-41)52-37(59)62-21-24-7-5-4-6-8-24)32(19-54(38(60)61)40(14-15-40)42(46,47)48)26-9-12-29(43)31(18-26)56-34(33(44)45)50-23-51-56/h4-13,16-18,20,23,32-33H,14-15,19,21-22H2,1-3H3,(H,60,61)(H,52,53,59)/t32?,41-/m1/s1. The number of hydrogen-bond acceptors (Lipinski definition) is 9. The number of aromatic nitrogens is 4. The fraction of sp³-hybridized carbons (Fsp3) is 0.333. The minimum absolute atomic E-state index is 0.0822. The number of hydrogen-bond donors (Lipinski definition) is 2. The van der Waals surface area contributed by atoms with Gasteiger partial charge >= 0.3 is 18.4 Å². The fourth-order valence-electron chi connectivity index (χ4n) is 7.78. The monoisotopic (exact) mass is 880 g/mol. The number of alkyl carbamates (subject to hydrolysis) is 1. The van der Waals surface area contributed by atoms with Gasteiger partial charge in [-0.15, -0.1) is 0 Å². The number of nitrogens with one attached hydrogen (secondary N) is 1. The Labute approximate surface area is 355 Å². The molecule has 1 saturated carbocycles. The SMILES string of the molecule is CC(C)(C)C[C@]1(c2ccc3c(C=O)nccc3c2)N=C(NC(=O)OCc2ccccc2)N(C(CN(C(=O)O)C2(C(F)(F)F)CC2)c2ccc(Cl)c(-n3ncnc3C(F)F)c2)C1=O. The van der Waals surface area contributed by atoms with E-state index >= 15 is 4.79 Å². The molecular formula is C42H38ClF5N8O6. The van der Waals surface area contributed by atoms with Crippen LogP contribution < -0.4 is 5.32 Å². The van der Waals surface area contributed by atoms with E-state index in [1.165, 1.54) is 30.5 Å². The number of benzene rings is 3. The molecule has 20 heteroatoms. The van der Waals surface area contributed by atoms with Gasteiger partial charge in [-0.2, -0.15) is 18.3 Å². The largest absolute Gasteiger partial charge is 0.465 e. The number of fused-ring (bicyclic) bond motifs is 1. The van der Waals surface area contributed by atoms with Crippen molar-refractivity contribution >= 4 is 52.7 Å². The zero-order valence-electron chi connectivity index (χ0n) is 33.2. The highest BCUT2D eigenvalue weighted by atomic mass is 35.5. The topological polar surface area (TPSA) is 172 Å². The maximum atomic E-state index is 15.7. The van der Waals surface area contributed by atoms with Crippen LogP contribution in [0.4, 0.5) is 31.5 Å². The summed E-state index contributed by atoms with van der Waals surface area (Å²) in [5, 5.41) is 17.6. The van der Waals surface area contributed by atoms with Crippen molar-refractivity contribution in [2.45, 2.75) is 76.4 Å². The van der Waals surface area contributed by atoms with Gasteiger partial charge in [0.2, 0.25) is 5.96 Å². The van der Waals surface area contributed by atoms with Gasteiger partial charge in [0.15, 0.2) is 17.6 Å². The third-order valence-electron chi connectivity index (χ3n) is 10.7. The second-order valence-electron chi connectivity index (χ2n) is 16.1. The van der Waals surface area contributed by atoms with Crippen LogP contribution in [0.2, 0.25) is 5.02 Å². The summed E-state index contributed by atoms with van der Waals surface area (Å²) in [5.74, 6) is -2.25. The number of ether oxygens (including phenoxy) is 1. The number of guanidine groups is 1. The smallest absolute Gasteiger partial charge is 0.414 e. The van der Waals surface area contributed by atoms with Gasteiger partial charge in [-0.25, -0.2) is 33.0 Å². The number of carboxylic acid groups (broad SMARTS) is 1. The number of carbonyl (C=O) groups is 4. The van der Waals surface area contributed by atoms with Crippen LogP contribution in [0.1, 0.15) is 85.5 Å². The summed E-state index contributed by atoms with van der Waals surface area (Å²) in [6, 6.07) is 16.8. The first-order chi connectivity index (χ1) is 29.3. The van der Waals surface area contributed by atoms with Gasteiger partial charge in [-0.05, 0) is 71.0 Å². The lowest BCUT2D eigenvalue weighted by Gasteiger charge is -2.39. The van der Waals surface area contributed by atoms with E-state index in [4.69, 9.17) is 21.3 Å². The van der Waals surface area contributed by atoms with Crippen molar-refractivity contribution in [2.75, 3.05) is 6.54 Å². The molecule has 0 saturated heterocycles. The Hall–Kier alpha value is -6.50. The van der Waals surface area contributed by atoms with Gasteiger partial charge < -0.3 is 9.84 Å². The lowest BCUT2D eigenvalue weighted by atomic mass is 9.75. The molecule has 0 spiro atoms. The Balaban J connectivity index is 1.45. The Morgan fingerprint density at radius 1 is 1.03 bits per heavy atom. The van der Waals surface area contributed by atoms with E-state index in [0.717, 1.165) is 11.2 Å². The van der Waals surface area contributed by atoms with E-state index in [9.17, 15) is 41.4 Å². The van der Waals surface area contributed by atoms with Gasteiger partial charge in [0.25, 0.3) is 12.3 Å². The third-order valence-corrected chi connectivity index (χ3v) is 11.0. The average Bonchev–Trinajstić information content (AvgIpc) is 3.81. The molecule has 7 rings (SSSR count).